The number of carbonyl (C=O) groups is 1. The maximum atomic E-state index is 12.1. The smallest absolute Gasteiger partial charge is 0.858 e. The number of hydrogen-bond donors (Lipinski definition) is 8. The molecule has 11 atom stereocenters. The Kier molecular flexibility index (Phi) is 11.2. The van der Waals surface area contributed by atoms with Gasteiger partial charge in [-0.3, -0.25) is 13.6 Å². The number of aliphatic hydroxyl groups excluding tert-OH is 5. The number of ether oxygens (including phenoxy) is 2. The van der Waals surface area contributed by atoms with Crippen LogP contribution in [0, 0.1) is 0 Å². The molecule has 3 heterocycles. The van der Waals surface area contributed by atoms with Crippen molar-refractivity contribution in [2.75, 3.05) is 6.61 Å². The molecule has 2 saturated heterocycles. The summed E-state index contributed by atoms with van der Waals surface area (Å²) in [6.07, 6.45) is -17.3. The van der Waals surface area contributed by atoms with E-state index in [1.807, 2.05) is 0 Å². The normalized spacial score (nSPS) is 36.6. The van der Waals surface area contributed by atoms with Crippen LogP contribution in [0.5, 0.6) is 5.88 Å². The molecule has 0 aliphatic carbocycles. The van der Waals surface area contributed by atoms with E-state index in [9.17, 15) is 59.1 Å². The molecule has 3 rings (SSSR count). The van der Waals surface area contributed by atoms with Gasteiger partial charge in [-0.25, -0.2) is 23.7 Å². The predicted molar refractivity (Wildman–Crippen MR) is 106 cm³/mol. The molecule has 38 heavy (non-hydrogen) atoms. The van der Waals surface area contributed by atoms with Crippen LogP contribution in [0.1, 0.15) is 6.23 Å². The van der Waals surface area contributed by atoms with Gasteiger partial charge >= 0.3 is 56.9 Å². The van der Waals surface area contributed by atoms with E-state index in [1.54, 1.807) is 0 Å². The third-order valence-corrected chi connectivity index (χ3v) is 7.67. The molecular weight excluding hydrogens is 581 g/mol. The molecule has 0 saturated carbocycles. The van der Waals surface area contributed by atoms with Crippen molar-refractivity contribution in [1.82, 2.24) is 9.55 Å². The van der Waals surface area contributed by atoms with E-state index in [0.717, 1.165) is 12.3 Å². The Labute approximate surface area is 233 Å². The van der Waals surface area contributed by atoms with Crippen LogP contribution in [0.3, 0.4) is 0 Å². The Morgan fingerprint density at radius 1 is 1.03 bits per heavy atom. The molecule has 0 amide bonds. The number of aliphatic carboxylic acids is 1. The van der Waals surface area contributed by atoms with Gasteiger partial charge in [-0.05, 0) is 11.9 Å². The molecule has 2 unspecified atom stereocenters. The molecule has 0 radical (unpaired) electrons. The maximum absolute atomic E-state index is 12.1. The van der Waals surface area contributed by atoms with Gasteiger partial charge in [0, 0.05) is 6.20 Å². The quantitative estimate of drug-likeness (QED) is 0.0961. The number of hydrogen-bond acceptors (Lipinski definition) is 16. The molecular formula is C15H21N2NaO18P2. The zero-order valence-electron chi connectivity index (χ0n) is 19.0. The van der Waals surface area contributed by atoms with Crippen molar-refractivity contribution in [2.45, 2.75) is 55.2 Å². The summed E-state index contributed by atoms with van der Waals surface area (Å²) in [4.78, 5) is 45.5. The van der Waals surface area contributed by atoms with Crippen molar-refractivity contribution in [3.05, 3.63) is 22.7 Å². The fraction of sp³-hybridized carbons (Fsp3) is 0.667. The van der Waals surface area contributed by atoms with Gasteiger partial charge in [0.25, 0.3) is 0 Å². The van der Waals surface area contributed by atoms with Crippen LogP contribution in [0.4, 0.5) is 0 Å². The Morgan fingerprint density at radius 2 is 1.66 bits per heavy atom. The number of aliphatic hydroxyl groups is 5. The second kappa shape index (κ2) is 12.8. The van der Waals surface area contributed by atoms with Gasteiger partial charge in [0.2, 0.25) is 0 Å². The van der Waals surface area contributed by atoms with Crippen LogP contribution in [0.15, 0.2) is 17.1 Å². The molecule has 0 spiro atoms. The number of carboxylic acid groups (broad SMARTS) is 1. The van der Waals surface area contributed by atoms with Crippen LogP contribution in [-0.4, -0.2) is 112 Å². The van der Waals surface area contributed by atoms with E-state index in [2.05, 4.69) is 23.1 Å². The van der Waals surface area contributed by atoms with E-state index in [4.69, 9.17) is 9.84 Å². The topological polar surface area (TPSA) is 317 Å². The molecule has 1 aromatic rings. The van der Waals surface area contributed by atoms with E-state index in [1.165, 1.54) is 0 Å². The number of aromatic nitrogens is 2. The predicted octanol–water partition coefficient (Wildman–Crippen LogP) is -7.92. The van der Waals surface area contributed by atoms with Crippen molar-refractivity contribution < 1.29 is 112 Å². The van der Waals surface area contributed by atoms with E-state index < -0.39 is 95.0 Å². The first kappa shape index (κ1) is 33.3. The number of nitrogens with zero attached hydrogens (tertiary/aromatic N) is 2. The van der Waals surface area contributed by atoms with Gasteiger partial charge in [0.15, 0.2) is 18.6 Å². The fourth-order valence-electron chi connectivity index (χ4n) is 3.30. The van der Waals surface area contributed by atoms with Crippen LogP contribution in [-0.2, 0) is 36.8 Å². The van der Waals surface area contributed by atoms with Gasteiger partial charge < -0.3 is 55.0 Å². The Morgan fingerprint density at radius 3 is 2.24 bits per heavy atom. The van der Waals surface area contributed by atoms with Crippen LogP contribution in [0.2, 0.25) is 0 Å². The third kappa shape index (κ3) is 7.65. The van der Waals surface area contributed by atoms with Gasteiger partial charge in [-0.2, -0.15) is 4.31 Å². The zero-order chi connectivity index (χ0) is 27.9. The standard InChI is InChI=1S/C15H22N2O18P2.Na/c18-5-1-2-17(15(26)16-5)12-9(22)6(19)4(32-12)3-31-36(27,28)35-37(29,30)34-14-10(23)7(20)8(21)11(33-14)13(24)25;/h1-2,4,6-12,14,19-23H,3H2,(H,24,25)(H,27,28)(H,29,30)(H,16,18,26);/q;+1/p-1/t4-,6-,7+,8+,9-,10-,11+,12-,14-;/m1./s1. The number of rotatable bonds is 9. The van der Waals surface area contributed by atoms with Crippen LogP contribution < -0.4 is 40.4 Å². The summed E-state index contributed by atoms with van der Waals surface area (Å²) < 4.78 is 47.5. The van der Waals surface area contributed by atoms with Crippen LogP contribution in [0.25, 0.3) is 0 Å². The van der Waals surface area contributed by atoms with Crippen molar-refractivity contribution in [1.29, 1.82) is 0 Å². The minimum absolute atomic E-state index is 0. The molecule has 1 aromatic heterocycles. The van der Waals surface area contributed by atoms with Crippen LogP contribution >= 0.6 is 15.6 Å². The first-order valence-electron chi connectivity index (χ1n) is 9.93. The Bertz CT molecular complexity index is 1150. The SMILES string of the molecule is O=C(O)[C@H]1O[C@H](OP(=O)(O)OP(=O)(O)OC[C@H]2O[C@@H](n3ccc([O-])nc3=O)[C@H](O)[C@@H]2O)[C@H](O)[C@@H](O)[C@@H]1O.[Na+]. The third-order valence-electron chi connectivity index (χ3n) is 5.07. The van der Waals surface area contributed by atoms with Gasteiger partial charge in [0.1, 0.15) is 36.6 Å². The summed E-state index contributed by atoms with van der Waals surface area (Å²) in [5, 5.41) is 69.4. The summed E-state index contributed by atoms with van der Waals surface area (Å²) in [5.41, 5.74) is -1.14. The molecule has 23 heteroatoms. The van der Waals surface area contributed by atoms with Crippen molar-refractivity contribution in [3.8, 4) is 5.88 Å². The summed E-state index contributed by atoms with van der Waals surface area (Å²) in [6.45, 7) is -1.08. The fourth-order valence-corrected chi connectivity index (χ4v) is 5.46. The minimum atomic E-state index is -5.73. The number of carboxylic acids is 1. The Hall–Kier alpha value is -0.870. The Balaban J connectivity index is 0.00000507. The summed E-state index contributed by atoms with van der Waals surface area (Å²) >= 11 is 0. The second-order valence-electron chi connectivity index (χ2n) is 7.66. The molecule has 2 fully saturated rings. The number of phosphoric ester groups is 2. The second-order valence-corrected chi connectivity index (χ2v) is 10.7. The first-order valence-corrected chi connectivity index (χ1v) is 12.9. The molecule has 210 valence electrons. The summed E-state index contributed by atoms with van der Waals surface area (Å²) in [7, 11) is -11.3. The average molecular weight is 602 g/mol. The molecule has 2 aliphatic rings. The van der Waals surface area contributed by atoms with E-state index in [-0.39, 0.29) is 29.6 Å². The minimum Gasteiger partial charge on any atom is -0.858 e. The summed E-state index contributed by atoms with van der Waals surface area (Å²) in [6, 6.07) is 0.855. The van der Waals surface area contributed by atoms with Gasteiger partial charge in [-0.15, -0.1) is 0 Å². The molecule has 8 N–H and O–H groups in total. The zero-order valence-corrected chi connectivity index (χ0v) is 22.8. The van der Waals surface area contributed by atoms with Crippen molar-refractivity contribution in [2.24, 2.45) is 0 Å². The monoisotopic (exact) mass is 602 g/mol. The molecule has 0 bridgehead atoms. The number of phosphoric acid groups is 2. The molecule has 2 aliphatic heterocycles. The van der Waals surface area contributed by atoms with E-state index >= 15 is 0 Å². The van der Waals surface area contributed by atoms with Gasteiger partial charge in [0.05, 0.1) is 6.61 Å². The first-order chi connectivity index (χ1) is 17.0. The van der Waals surface area contributed by atoms with Crippen molar-refractivity contribution in [3.63, 3.8) is 0 Å². The maximum Gasteiger partial charge on any atom is 1.00 e. The van der Waals surface area contributed by atoms with Gasteiger partial charge in [-0.1, -0.05) is 0 Å². The van der Waals surface area contributed by atoms with E-state index in [0.29, 0.717) is 4.57 Å². The summed E-state index contributed by atoms with van der Waals surface area (Å²) in [5.74, 6) is -2.74. The average Bonchev–Trinajstić information content (AvgIpc) is 3.05. The largest absolute Gasteiger partial charge is 1.00 e. The van der Waals surface area contributed by atoms with Crippen molar-refractivity contribution >= 4 is 21.6 Å². The molecule has 0 aromatic carbocycles. The molecule has 20 nitrogen and oxygen atoms in total.